The summed E-state index contributed by atoms with van der Waals surface area (Å²) in [7, 11) is 1.55. The van der Waals surface area contributed by atoms with Gasteiger partial charge in [-0.1, -0.05) is 24.3 Å². The van der Waals surface area contributed by atoms with Crippen LogP contribution in [0.2, 0.25) is 0 Å². The van der Waals surface area contributed by atoms with Crippen LogP contribution in [-0.4, -0.2) is 30.0 Å². The van der Waals surface area contributed by atoms with E-state index in [0.717, 1.165) is 30.9 Å². The van der Waals surface area contributed by atoms with Crippen molar-refractivity contribution in [3.63, 3.8) is 0 Å². The number of rotatable bonds is 6. The molecule has 29 heavy (non-hydrogen) atoms. The molecule has 0 unspecified atom stereocenters. The first-order valence-electron chi connectivity index (χ1n) is 9.46. The van der Waals surface area contributed by atoms with Gasteiger partial charge in [-0.05, 0) is 49.4 Å². The predicted molar refractivity (Wildman–Crippen MR) is 108 cm³/mol. The van der Waals surface area contributed by atoms with Crippen LogP contribution in [0.25, 0.3) is 0 Å². The lowest BCUT2D eigenvalue weighted by atomic mass is 9.87. The normalized spacial score (nSPS) is 16.3. The van der Waals surface area contributed by atoms with Crippen molar-refractivity contribution in [3.8, 4) is 0 Å². The number of benzene rings is 2. The maximum absolute atomic E-state index is 12.6. The number of nitrogens with zero attached hydrogens (tertiary/aromatic N) is 1. The van der Waals surface area contributed by atoms with E-state index in [9.17, 15) is 19.7 Å². The van der Waals surface area contributed by atoms with Crippen LogP contribution in [0.5, 0.6) is 0 Å². The third kappa shape index (κ3) is 4.53. The van der Waals surface area contributed by atoms with Gasteiger partial charge in [-0.15, -0.1) is 0 Å². The van der Waals surface area contributed by atoms with Crippen LogP contribution in [0.1, 0.15) is 47.3 Å². The van der Waals surface area contributed by atoms with Gasteiger partial charge in [0.2, 0.25) is 0 Å². The zero-order valence-electron chi connectivity index (χ0n) is 16.3. The van der Waals surface area contributed by atoms with E-state index in [1.54, 1.807) is 7.05 Å². The van der Waals surface area contributed by atoms with Crippen molar-refractivity contribution >= 4 is 23.3 Å². The summed E-state index contributed by atoms with van der Waals surface area (Å²) >= 11 is 0. The van der Waals surface area contributed by atoms with Crippen molar-refractivity contribution in [2.24, 2.45) is 0 Å². The molecule has 8 nitrogen and oxygen atoms in total. The lowest BCUT2D eigenvalue weighted by molar-refractivity contribution is -0.384. The third-order valence-corrected chi connectivity index (χ3v) is 5.04. The highest BCUT2D eigenvalue weighted by atomic mass is 16.6. The number of amides is 1. The number of esters is 1. The van der Waals surface area contributed by atoms with Crippen molar-refractivity contribution < 1.29 is 19.2 Å². The van der Waals surface area contributed by atoms with Crippen molar-refractivity contribution in [2.45, 2.75) is 38.3 Å². The number of nitro groups is 1. The smallest absolute Gasteiger partial charge is 0.339 e. The van der Waals surface area contributed by atoms with Crippen LogP contribution >= 0.6 is 0 Å². The highest BCUT2D eigenvalue weighted by molar-refractivity contribution is 5.93. The molecule has 2 N–H and O–H groups in total. The average molecular weight is 397 g/mol. The Hall–Kier alpha value is -3.42. The molecule has 1 amide bonds. The Labute approximate surface area is 168 Å². The van der Waals surface area contributed by atoms with Gasteiger partial charge in [0.15, 0.2) is 6.10 Å². The summed E-state index contributed by atoms with van der Waals surface area (Å²) in [6.07, 6.45) is 1.74. The summed E-state index contributed by atoms with van der Waals surface area (Å²) in [5.41, 5.74) is 2.36. The van der Waals surface area contributed by atoms with Crippen LogP contribution in [0.4, 0.5) is 11.4 Å². The zero-order chi connectivity index (χ0) is 21.0. The minimum absolute atomic E-state index is 0.0124. The van der Waals surface area contributed by atoms with Crippen LogP contribution < -0.4 is 10.6 Å². The van der Waals surface area contributed by atoms with Crippen molar-refractivity contribution in [2.75, 3.05) is 12.4 Å². The third-order valence-electron chi connectivity index (χ3n) is 5.04. The summed E-state index contributed by atoms with van der Waals surface area (Å²) in [6.45, 7) is 1.48. The summed E-state index contributed by atoms with van der Waals surface area (Å²) in [5.74, 6) is -1.19. The minimum atomic E-state index is -1.03. The Kier molecular flexibility index (Phi) is 6.11. The van der Waals surface area contributed by atoms with Gasteiger partial charge < -0.3 is 15.4 Å². The number of carbonyl (C=O) groups is 2. The van der Waals surface area contributed by atoms with Crippen LogP contribution in [0, 0.1) is 10.1 Å². The van der Waals surface area contributed by atoms with Gasteiger partial charge >= 0.3 is 5.97 Å². The van der Waals surface area contributed by atoms with Crippen molar-refractivity contribution in [1.82, 2.24) is 5.32 Å². The van der Waals surface area contributed by atoms with Crippen LogP contribution in [0.15, 0.2) is 42.5 Å². The number of hydrogen-bond donors (Lipinski definition) is 2. The van der Waals surface area contributed by atoms with Crippen molar-refractivity contribution in [3.05, 3.63) is 69.3 Å². The molecule has 0 spiro atoms. The van der Waals surface area contributed by atoms with Gasteiger partial charge in [-0.25, -0.2) is 4.79 Å². The summed E-state index contributed by atoms with van der Waals surface area (Å²) in [5, 5.41) is 16.8. The van der Waals surface area contributed by atoms with E-state index in [4.69, 9.17) is 4.74 Å². The summed E-state index contributed by atoms with van der Waals surface area (Å²) in [6, 6.07) is 11.8. The molecular formula is C21H23N3O5. The van der Waals surface area contributed by atoms with Gasteiger partial charge in [0.25, 0.3) is 11.6 Å². The van der Waals surface area contributed by atoms with E-state index in [1.807, 2.05) is 18.2 Å². The predicted octanol–water partition coefficient (Wildman–Crippen LogP) is 3.38. The number of hydrogen-bond acceptors (Lipinski definition) is 6. The average Bonchev–Trinajstić information content (AvgIpc) is 2.73. The molecule has 1 aliphatic rings. The van der Waals surface area contributed by atoms with Crippen LogP contribution in [0.3, 0.4) is 0 Å². The molecule has 0 aliphatic heterocycles. The molecule has 2 aromatic carbocycles. The molecule has 0 aromatic heterocycles. The molecule has 152 valence electrons. The number of ether oxygens (including phenoxy) is 1. The SMILES string of the molecule is CNc1ccc(C(=O)O[C@@H](C)C(=O)N[C@H]2CCCc3ccccc32)cc1[N+](=O)[O-]. The van der Waals surface area contributed by atoms with E-state index < -0.39 is 22.9 Å². The lowest BCUT2D eigenvalue weighted by Crippen LogP contribution is -2.39. The Balaban J connectivity index is 1.67. The fourth-order valence-corrected chi connectivity index (χ4v) is 3.50. The molecular weight excluding hydrogens is 374 g/mol. The standard InChI is InChI=1S/C21H23N3O5/c1-13(20(25)23-17-9-5-7-14-6-3-4-8-16(14)17)29-21(26)15-10-11-18(22-2)19(12-15)24(27)28/h3-4,6,8,10-13,17,22H,5,7,9H2,1-2H3,(H,23,25)/t13-,17-/m0/s1. The molecule has 0 saturated heterocycles. The molecule has 2 atom stereocenters. The number of carbonyl (C=O) groups excluding carboxylic acids is 2. The second-order valence-electron chi connectivity index (χ2n) is 6.94. The Morgan fingerprint density at radius 1 is 1.24 bits per heavy atom. The number of nitro benzene ring substituents is 1. The highest BCUT2D eigenvalue weighted by Gasteiger charge is 2.26. The fraction of sp³-hybridized carbons (Fsp3) is 0.333. The maximum atomic E-state index is 12.6. The van der Waals surface area contributed by atoms with E-state index in [-0.39, 0.29) is 23.0 Å². The summed E-state index contributed by atoms with van der Waals surface area (Å²) in [4.78, 5) is 35.5. The molecule has 3 rings (SSSR count). The van der Waals surface area contributed by atoms with Crippen LogP contribution in [-0.2, 0) is 16.0 Å². The van der Waals surface area contributed by atoms with E-state index in [1.165, 1.54) is 24.6 Å². The first-order chi connectivity index (χ1) is 13.9. The van der Waals surface area contributed by atoms with Gasteiger partial charge in [-0.2, -0.15) is 0 Å². The Morgan fingerprint density at radius 3 is 2.72 bits per heavy atom. The maximum Gasteiger partial charge on any atom is 0.339 e. The first-order valence-corrected chi connectivity index (χ1v) is 9.46. The van der Waals surface area contributed by atoms with E-state index in [2.05, 4.69) is 16.7 Å². The summed E-state index contributed by atoms with van der Waals surface area (Å²) < 4.78 is 5.24. The molecule has 0 bridgehead atoms. The van der Waals surface area contributed by atoms with Gasteiger partial charge in [-0.3, -0.25) is 14.9 Å². The van der Waals surface area contributed by atoms with Gasteiger partial charge in [0, 0.05) is 13.1 Å². The second kappa shape index (κ2) is 8.72. The van der Waals surface area contributed by atoms with E-state index >= 15 is 0 Å². The van der Waals surface area contributed by atoms with E-state index in [0.29, 0.717) is 0 Å². The van der Waals surface area contributed by atoms with Gasteiger partial charge in [0.1, 0.15) is 5.69 Å². The molecule has 0 fully saturated rings. The molecule has 0 radical (unpaired) electrons. The molecule has 0 heterocycles. The Bertz CT molecular complexity index is 944. The highest BCUT2D eigenvalue weighted by Crippen LogP contribution is 2.29. The lowest BCUT2D eigenvalue weighted by Gasteiger charge is -2.27. The largest absolute Gasteiger partial charge is 0.449 e. The fourth-order valence-electron chi connectivity index (χ4n) is 3.50. The number of anilines is 1. The molecule has 2 aromatic rings. The zero-order valence-corrected chi connectivity index (χ0v) is 16.3. The Morgan fingerprint density at radius 2 is 2.00 bits per heavy atom. The first kappa shape index (κ1) is 20.3. The minimum Gasteiger partial charge on any atom is -0.449 e. The second-order valence-corrected chi connectivity index (χ2v) is 6.94. The number of fused-ring (bicyclic) bond motifs is 1. The molecule has 8 heteroatoms. The molecule has 0 saturated carbocycles. The number of nitrogens with one attached hydrogen (secondary N) is 2. The van der Waals surface area contributed by atoms with Crippen molar-refractivity contribution in [1.29, 1.82) is 0 Å². The quantitative estimate of drug-likeness (QED) is 0.439. The molecule has 1 aliphatic carbocycles. The monoisotopic (exact) mass is 397 g/mol. The van der Waals surface area contributed by atoms with Gasteiger partial charge in [0.05, 0.1) is 16.5 Å². The topological polar surface area (TPSA) is 111 Å². The number of aryl methyl sites for hydroxylation is 1.